The Morgan fingerprint density at radius 2 is 1.69 bits per heavy atom. The minimum absolute atomic E-state index is 0.337. The van der Waals surface area contributed by atoms with Crippen molar-refractivity contribution in [3.8, 4) is 0 Å². The van der Waals surface area contributed by atoms with Gasteiger partial charge in [-0.3, -0.25) is 9.69 Å². The number of carbonyl (C=O) groups is 1. The molecule has 0 heterocycles. The van der Waals surface area contributed by atoms with Crippen LogP contribution in [0.25, 0.3) is 0 Å². The molecule has 78 valence electrons. The lowest BCUT2D eigenvalue weighted by atomic mass is 10.3. The van der Waals surface area contributed by atoms with Gasteiger partial charge in [0.05, 0.1) is 0 Å². The first kappa shape index (κ1) is 12.3. The van der Waals surface area contributed by atoms with E-state index in [1.165, 1.54) is 0 Å². The lowest BCUT2D eigenvalue weighted by Crippen LogP contribution is -2.30. The number of carbonyl (C=O) groups excluding carboxylic acids is 1. The van der Waals surface area contributed by atoms with Crippen molar-refractivity contribution in [2.24, 2.45) is 11.5 Å². The second kappa shape index (κ2) is 9.44. The molecule has 5 heteroatoms. The molecule has 0 atom stereocenters. The molecule has 0 unspecified atom stereocenters. The molecule has 0 fully saturated rings. The summed E-state index contributed by atoms with van der Waals surface area (Å²) in [4.78, 5) is 12.0. The Labute approximate surface area is 79.0 Å². The smallest absolute Gasteiger partial charge is 0.294 e. The Bertz CT molecular complexity index is 114. The van der Waals surface area contributed by atoms with Crippen LogP contribution in [0.5, 0.6) is 0 Å². The number of hydrogen-bond donors (Lipinski definition) is 2. The van der Waals surface area contributed by atoms with Gasteiger partial charge in [0.2, 0.25) is 0 Å². The van der Waals surface area contributed by atoms with Gasteiger partial charge >= 0.3 is 0 Å². The summed E-state index contributed by atoms with van der Waals surface area (Å²) >= 11 is 0. The highest BCUT2D eigenvalue weighted by molar-refractivity contribution is 5.36. The number of ether oxygens (including phenoxy) is 1. The topological polar surface area (TPSA) is 81.6 Å². The van der Waals surface area contributed by atoms with Crippen molar-refractivity contribution < 1.29 is 9.53 Å². The maximum Gasteiger partial charge on any atom is 0.294 e. The molecule has 0 radical (unpaired) electrons. The molecule has 0 amide bonds. The van der Waals surface area contributed by atoms with Crippen LogP contribution >= 0.6 is 0 Å². The SMILES string of the molecule is NCCCN(CCCN)COC=O. The molecule has 0 saturated carbocycles. The Morgan fingerprint density at radius 1 is 1.15 bits per heavy atom. The van der Waals surface area contributed by atoms with Crippen LogP contribution in [0.1, 0.15) is 12.8 Å². The van der Waals surface area contributed by atoms with Crippen LogP contribution in [-0.2, 0) is 9.53 Å². The van der Waals surface area contributed by atoms with Crippen LogP contribution in [0.4, 0.5) is 0 Å². The van der Waals surface area contributed by atoms with E-state index >= 15 is 0 Å². The van der Waals surface area contributed by atoms with E-state index in [-0.39, 0.29) is 0 Å². The van der Waals surface area contributed by atoms with E-state index in [1.54, 1.807) is 0 Å². The van der Waals surface area contributed by atoms with Crippen LogP contribution in [0.3, 0.4) is 0 Å². The molecule has 0 aromatic carbocycles. The Balaban J connectivity index is 3.52. The van der Waals surface area contributed by atoms with Gasteiger partial charge < -0.3 is 16.2 Å². The minimum Gasteiger partial charge on any atom is -0.452 e. The molecule has 13 heavy (non-hydrogen) atoms. The van der Waals surface area contributed by atoms with Gasteiger partial charge in [-0.15, -0.1) is 0 Å². The van der Waals surface area contributed by atoms with E-state index in [1.807, 2.05) is 4.90 Å². The first-order valence-electron chi connectivity index (χ1n) is 4.53. The summed E-state index contributed by atoms with van der Waals surface area (Å²) in [5.74, 6) is 0. The van der Waals surface area contributed by atoms with Gasteiger partial charge in [-0.1, -0.05) is 0 Å². The van der Waals surface area contributed by atoms with Crippen molar-refractivity contribution in [3.05, 3.63) is 0 Å². The second-order valence-corrected chi connectivity index (χ2v) is 2.79. The summed E-state index contributed by atoms with van der Waals surface area (Å²) in [6.07, 6.45) is 1.82. The summed E-state index contributed by atoms with van der Waals surface area (Å²) in [7, 11) is 0. The maximum absolute atomic E-state index is 9.96. The van der Waals surface area contributed by atoms with Crippen LogP contribution in [0, 0.1) is 0 Å². The van der Waals surface area contributed by atoms with Crippen LogP contribution < -0.4 is 11.5 Å². The second-order valence-electron chi connectivity index (χ2n) is 2.79. The highest BCUT2D eigenvalue weighted by Gasteiger charge is 2.02. The zero-order valence-electron chi connectivity index (χ0n) is 7.95. The van der Waals surface area contributed by atoms with E-state index in [9.17, 15) is 4.79 Å². The van der Waals surface area contributed by atoms with E-state index < -0.39 is 0 Å². The van der Waals surface area contributed by atoms with Gasteiger partial charge in [0.15, 0.2) is 0 Å². The molecule has 5 nitrogen and oxygen atoms in total. The molecule has 0 spiro atoms. The maximum atomic E-state index is 9.96. The number of hydrogen-bond acceptors (Lipinski definition) is 5. The minimum atomic E-state index is 0.337. The molecular weight excluding hydrogens is 170 g/mol. The van der Waals surface area contributed by atoms with Crippen molar-refractivity contribution >= 4 is 6.47 Å². The van der Waals surface area contributed by atoms with Crippen LogP contribution in [0.15, 0.2) is 0 Å². The monoisotopic (exact) mass is 189 g/mol. The quantitative estimate of drug-likeness (QED) is 0.363. The van der Waals surface area contributed by atoms with Gasteiger partial charge in [0.25, 0.3) is 6.47 Å². The summed E-state index contributed by atoms with van der Waals surface area (Å²) in [6, 6.07) is 0. The van der Waals surface area contributed by atoms with E-state index in [0.717, 1.165) is 25.9 Å². The van der Waals surface area contributed by atoms with Crippen molar-refractivity contribution in [2.75, 3.05) is 32.9 Å². The lowest BCUT2D eigenvalue weighted by Gasteiger charge is -2.19. The van der Waals surface area contributed by atoms with Crippen molar-refractivity contribution in [1.29, 1.82) is 0 Å². The third-order valence-electron chi connectivity index (χ3n) is 1.68. The van der Waals surface area contributed by atoms with Crippen LogP contribution in [-0.4, -0.2) is 44.3 Å². The fraction of sp³-hybridized carbons (Fsp3) is 0.875. The lowest BCUT2D eigenvalue weighted by molar-refractivity contribution is -0.133. The van der Waals surface area contributed by atoms with Crippen LogP contribution in [0.2, 0.25) is 0 Å². The molecule has 0 aliphatic rings. The zero-order chi connectivity index (χ0) is 9.94. The Morgan fingerprint density at radius 3 is 2.08 bits per heavy atom. The largest absolute Gasteiger partial charge is 0.452 e. The number of nitrogens with zero attached hydrogens (tertiary/aromatic N) is 1. The third-order valence-corrected chi connectivity index (χ3v) is 1.68. The predicted molar refractivity (Wildman–Crippen MR) is 50.9 cm³/mol. The average Bonchev–Trinajstić information content (AvgIpc) is 2.17. The Kier molecular flexibility index (Phi) is 8.97. The fourth-order valence-electron chi connectivity index (χ4n) is 1.01. The van der Waals surface area contributed by atoms with Gasteiger partial charge in [0, 0.05) is 13.1 Å². The number of rotatable bonds is 9. The molecule has 0 aromatic rings. The summed E-state index contributed by atoms with van der Waals surface area (Å²) in [5.41, 5.74) is 10.7. The zero-order valence-corrected chi connectivity index (χ0v) is 7.95. The molecular formula is C8H19N3O2. The summed E-state index contributed by atoms with van der Waals surface area (Å²) in [5, 5.41) is 0. The van der Waals surface area contributed by atoms with Crippen molar-refractivity contribution in [3.63, 3.8) is 0 Å². The van der Waals surface area contributed by atoms with E-state index in [0.29, 0.717) is 26.3 Å². The average molecular weight is 189 g/mol. The predicted octanol–water partition coefficient (Wildman–Crippen LogP) is -0.883. The van der Waals surface area contributed by atoms with Crippen molar-refractivity contribution in [2.45, 2.75) is 12.8 Å². The Hall–Kier alpha value is -0.650. The number of nitrogens with two attached hydrogens (primary N) is 2. The molecule has 0 aliphatic carbocycles. The first-order valence-corrected chi connectivity index (χ1v) is 4.53. The van der Waals surface area contributed by atoms with Gasteiger partial charge in [0.1, 0.15) is 6.73 Å². The molecule has 0 aliphatic heterocycles. The summed E-state index contributed by atoms with van der Waals surface area (Å²) in [6.45, 7) is 3.80. The summed E-state index contributed by atoms with van der Waals surface area (Å²) < 4.78 is 4.65. The highest BCUT2D eigenvalue weighted by atomic mass is 16.5. The molecule has 4 N–H and O–H groups in total. The van der Waals surface area contributed by atoms with Gasteiger partial charge in [-0.05, 0) is 25.9 Å². The normalized spacial score (nSPS) is 10.4. The fourth-order valence-corrected chi connectivity index (χ4v) is 1.01. The standard InChI is InChI=1S/C8H19N3O2/c9-3-1-5-11(6-2-4-10)7-13-8-12/h8H,1-7,9-10H2. The van der Waals surface area contributed by atoms with Gasteiger partial charge in [-0.25, -0.2) is 0 Å². The first-order chi connectivity index (χ1) is 6.35. The molecule has 0 aromatic heterocycles. The molecule has 0 rings (SSSR count). The van der Waals surface area contributed by atoms with Gasteiger partial charge in [-0.2, -0.15) is 0 Å². The third kappa shape index (κ3) is 7.70. The van der Waals surface area contributed by atoms with Crippen molar-refractivity contribution in [1.82, 2.24) is 4.90 Å². The highest BCUT2D eigenvalue weighted by Crippen LogP contribution is 1.92. The van der Waals surface area contributed by atoms with E-state index in [4.69, 9.17) is 11.5 Å². The molecule has 0 saturated heterocycles. The molecule has 0 bridgehead atoms. The van der Waals surface area contributed by atoms with E-state index in [2.05, 4.69) is 4.74 Å².